The molecule has 4 nitrogen and oxygen atoms in total. The molecule has 0 amide bonds. The minimum Gasteiger partial charge on any atom is -0.418 e. The lowest BCUT2D eigenvalue weighted by molar-refractivity contribution is 0.150. The first-order valence-electron chi connectivity index (χ1n) is 15.8. The first kappa shape index (κ1) is 32.6. The van der Waals surface area contributed by atoms with E-state index in [-0.39, 0.29) is 0 Å². The molecule has 10 heteroatoms. The maximum atomic E-state index is 9.75. The van der Waals surface area contributed by atoms with Gasteiger partial charge < -0.3 is 17.3 Å². The fraction of sp³-hybridized carbons (Fsp3) is 1.00. The molecule has 0 atom stereocenters. The fourth-order valence-electron chi connectivity index (χ4n) is 8.03. The van der Waals surface area contributed by atoms with Gasteiger partial charge >= 0.3 is 15.1 Å². The molecule has 0 spiro atoms. The van der Waals surface area contributed by atoms with Crippen molar-refractivity contribution in [1.29, 1.82) is 0 Å². The lowest BCUT2D eigenvalue weighted by Crippen LogP contribution is -2.58. The van der Waals surface area contributed by atoms with Crippen LogP contribution in [0.2, 0.25) is 0 Å². The van der Waals surface area contributed by atoms with Crippen molar-refractivity contribution >= 4 is 15.1 Å². The van der Waals surface area contributed by atoms with E-state index in [4.69, 9.17) is 0 Å². The zero-order valence-corrected chi connectivity index (χ0v) is 25.7. The standard InChI is InChI=1S/C28H56N4P.BF4/c1-29(25-17-9-5-10-18-25)33(30(2)26-19-11-6-12-20-26,31(3)27-21-13-7-14-22-27)32(4)28-23-15-8-16-24-28;2-1(3,4)5/h25-28H,5-24H2,1-4H3;/q+1;-1. The molecule has 4 fully saturated rings. The molecule has 0 bridgehead atoms. The Bertz CT molecular complexity index is 556. The quantitative estimate of drug-likeness (QED) is 0.165. The van der Waals surface area contributed by atoms with E-state index >= 15 is 0 Å². The summed E-state index contributed by atoms with van der Waals surface area (Å²) in [6.45, 7) is 0. The molecular weight excluding hydrogens is 510 g/mol. The number of halogens is 4. The average Bonchev–Trinajstić information content (AvgIpc) is 2.94. The Balaban J connectivity index is 0.000000732. The summed E-state index contributed by atoms with van der Waals surface area (Å²) in [5.41, 5.74) is 0. The van der Waals surface area contributed by atoms with Crippen molar-refractivity contribution in [3.63, 3.8) is 0 Å². The van der Waals surface area contributed by atoms with Crippen LogP contribution in [0.25, 0.3) is 0 Å². The van der Waals surface area contributed by atoms with Gasteiger partial charge in [-0.1, -0.05) is 77.0 Å². The fourth-order valence-corrected chi connectivity index (χ4v) is 13.4. The molecule has 4 saturated carbocycles. The van der Waals surface area contributed by atoms with Crippen LogP contribution >= 0.6 is 7.87 Å². The van der Waals surface area contributed by atoms with E-state index in [1.807, 2.05) is 0 Å². The molecular formula is C28H56BF4N4P. The van der Waals surface area contributed by atoms with Crippen LogP contribution in [0, 0.1) is 0 Å². The van der Waals surface area contributed by atoms with Gasteiger partial charge in [-0.25, -0.2) is 0 Å². The molecule has 0 aromatic rings. The van der Waals surface area contributed by atoms with Crippen molar-refractivity contribution in [2.75, 3.05) is 28.2 Å². The summed E-state index contributed by atoms with van der Waals surface area (Å²) >= 11 is 0. The average molecular weight is 567 g/mol. The minimum atomic E-state index is -6.00. The topological polar surface area (TPSA) is 13.0 Å². The Morgan fingerprint density at radius 1 is 0.395 bits per heavy atom. The van der Waals surface area contributed by atoms with Crippen molar-refractivity contribution in [3.8, 4) is 0 Å². The van der Waals surface area contributed by atoms with E-state index in [1.165, 1.54) is 128 Å². The summed E-state index contributed by atoms with van der Waals surface area (Å²) in [5, 5.41) is 0. The maximum absolute atomic E-state index is 9.75. The highest BCUT2D eigenvalue weighted by Crippen LogP contribution is 2.72. The third-order valence-corrected chi connectivity index (χ3v) is 14.8. The van der Waals surface area contributed by atoms with Gasteiger partial charge in [0.05, 0.1) is 0 Å². The smallest absolute Gasteiger partial charge is 0.418 e. The van der Waals surface area contributed by atoms with Crippen LogP contribution in [0.5, 0.6) is 0 Å². The Hall–Kier alpha value is 0.0549. The van der Waals surface area contributed by atoms with Gasteiger partial charge in [-0.3, -0.25) is 0 Å². The van der Waals surface area contributed by atoms with Crippen molar-refractivity contribution in [2.45, 2.75) is 153 Å². The molecule has 4 aliphatic carbocycles. The van der Waals surface area contributed by atoms with Gasteiger partial charge in [0.1, 0.15) is 0 Å². The molecule has 38 heavy (non-hydrogen) atoms. The summed E-state index contributed by atoms with van der Waals surface area (Å²) < 4.78 is 51.1. The van der Waals surface area contributed by atoms with Gasteiger partial charge in [0.2, 0.25) is 0 Å². The lowest BCUT2D eigenvalue weighted by Gasteiger charge is -2.55. The van der Waals surface area contributed by atoms with Gasteiger partial charge in [-0.15, -0.1) is 18.7 Å². The summed E-state index contributed by atoms with van der Waals surface area (Å²) in [7, 11) is 2.48. The molecule has 0 N–H and O–H groups in total. The van der Waals surface area contributed by atoms with Crippen molar-refractivity contribution < 1.29 is 17.3 Å². The van der Waals surface area contributed by atoms with Crippen molar-refractivity contribution in [3.05, 3.63) is 0 Å². The molecule has 0 radical (unpaired) electrons. The summed E-state index contributed by atoms with van der Waals surface area (Å²) in [6, 6.07) is 3.04. The van der Waals surface area contributed by atoms with E-state index in [2.05, 4.69) is 46.9 Å². The monoisotopic (exact) mass is 566 g/mol. The highest BCUT2D eigenvalue weighted by atomic mass is 31.2. The van der Waals surface area contributed by atoms with Gasteiger partial charge in [0.15, 0.2) is 0 Å². The van der Waals surface area contributed by atoms with Crippen LogP contribution in [0.4, 0.5) is 17.3 Å². The third kappa shape index (κ3) is 8.53. The Kier molecular flexibility index (Phi) is 13.1. The number of nitrogens with zero attached hydrogens (tertiary/aromatic N) is 4. The zero-order valence-electron chi connectivity index (χ0n) is 24.8. The van der Waals surface area contributed by atoms with E-state index < -0.39 is 15.1 Å². The van der Waals surface area contributed by atoms with Gasteiger partial charge in [0, 0.05) is 52.4 Å². The highest BCUT2D eigenvalue weighted by molar-refractivity contribution is 7.66. The second-order valence-electron chi connectivity index (χ2n) is 12.5. The van der Waals surface area contributed by atoms with Gasteiger partial charge in [-0.05, 0) is 51.4 Å². The van der Waals surface area contributed by atoms with Crippen LogP contribution in [0.3, 0.4) is 0 Å². The molecule has 0 saturated heterocycles. The second kappa shape index (κ2) is 15.3. The minimum absolute atomic E-state index is 0.759. The molecule has 0 unspecified atom stereocenters. The Morgan fingerprint density at radius 3 is 0.711 bits per heavy atom. The van der Waals surface area contributed by atoms with E-state index in [0.29, 0.717) is 0 Å². The highest BCUT2D eigenvalue weighted by Gasteiger charge is 2.63. The first-order chi connectivity index (χ1) is 18.1. The molecule has 0 aliphatic heterocycles. The predicted molar refractivity (Wildman–Crippen MR) is 156 cm³/mol. The van der Waals surface area contributed by atoms with Gasteiger partial charge in [0.25, 0.3) is 0 Å². The van der Waals surface area contributed by atoms with E-state index in [1.54, 1.807) is 0 Å². The van der Waals surface area contributed by atoms with E-state index in [9.17, 15) is 17.3 Å². The van der Waals surface area contributed by atoms with Crippen LogP contribution in [-0.2, 0) is 0 Å². The van der Waals surface area contributed by atoms with Gasteiger partial charge in [-0.2, -0.15) is 0 Å². The first-order valence-corrected chi connectivity index (χ1v) is 17.4. The van der Waals surface area contributed by atoms with Crippen LogP contribution in [-0.4, -0.2) is 78.3 Å². The second-order valence-corrected chi connectivity index (χ2v) is 16.1. The lowest BCUT2D eigenvalue weighted by atomic mass is 9.95. The summed E-state index contributed by atoms with van der Waals surface area (Å²) in [4.78, 5) is 0. The van der Waals surface area contributed by atoms with Crippen LogP contribution in [0.15, 0.2) is 0 Å². The molecule has 0 heterocycles. The third-order valence-electron chi connectivity index (χ3n) is 10.1. The maximum Gasteiger partial charge on any atom is 0.673 e. The number of hydrogen-bond donors (Lipinski definition) is 0. The number of rotatable bonds is 8. The van der Waals surface area contributed by atoms with E-state index in [0.717, 1.165) is 24.2 Å². The number of hydrogen-bond acceptors (Lipinski definition) is 4. The summed E-state index contributed by atoms with van der Waals surface area (Å²) in [6.07, 6.45) is 28.5. The normalized spacial score (nSPS) is 24.3. The van der Waals surface area contributed by atoms with Crippen molar-refractivity contribution in [2.24, 2.45) is 0 Å². The SMILES string of the molecule is CN(C1CCCCC1)[P+](N(C)C1CCCCC1)(N(C)C1CCCCC1)N(C)C1CCCCC1.F[B-](F)(F)F. The summed E-state index contributed by atoms with van der Waals surface area (Å²) in [5.74, 6) is 0. The van der Waals surface area contributed by atoms with Crippen LogP contribution < -0.4 is 0 Å². The molecule has 4 rings (SSSR count). The largest absolute Gasteiger partial charge is 0.673 e. The molecule has 0 aromatic heterocycles. The molecule has 0 aromatic carbocycles. The zero-order chi connectivity index (χ0) is 27.8. The van der Waals surface area contributed by atoms with Crippen molar-refractivity contribution in [1.82, 2.24) is 18.7 Å². The van der Waals surface area contributed by atoms with Crippen LogP contribution in [0.1, 0.15) is 128 Å². The Labute approximate surface area is 231 Å². The Morgan fingerprint density at radius 2 is 0.553 bits per heavy atom. The molecule has 224 valence electrons. The molecule has 4 aliphatic rings. The predicted octanol–water partition coefficient (Wildman–Crippen LogP) is 9.02.